The van der Waals surface area contributed by atoms with Gasteiger partial charge in [0.25, 0.3) is 5.69 Å². The summed E-state index contributed by atoms with van der Waals surface area (Å²) in [6, 6.07) is 4.61. The second-order valence-corrected chi connectivity index (χ2v) is 2.16. The van der Waals surface area contributed by atoms with E-state index in [-0.39, 0.29) is 5.69 Å². The largest absolute Gasteiger partial charge is 0.287 e. The first-order valence-electron chi connectivity index (χ1n) is 3.40. The van der Waals surface area contributed by atoms with Crippen LogP contribution in [0.1, 0.15) is 5.69 Å². The van der Waals surface area contributed by atoms with E-state index in [1.54, 1.807) is 6.07 Å². The Labute approximate surface area is 74.1 Å². The molecule has 64 valence electrons. The topological polar surface area (TPSA) is 79.8 Å². The third-order valence-corrected chi connectivity index (χ3v) is 1.31. The van der Waals surface area contributed by atoms with E-state index in [2.05, 4.69) is 4.98 Å². The number of allylic oxidation sites excluding steroid dienone is 1. The molecule has 0 saturated heterocycles. The quantitative estimate of drug-likeness (QED) is 0.387. The zero-order valence-electron chi connectivity index (χ0n) is 6.54. The molecule has 5 nitrogen and oxygen atoms in total. The van der Waals surface area contributed by atoms with Crippen molar-refractivity contribution in [1.82, 2.24) is 4.98 Å². The number of nitriles is 1. The zero-order chi connectivity index (χ0) is 9.68. The molecule has 0 aliphatic rings. The number of hydrogen-bond acceptors (Lipinski definition) is 4. The van der Waals surface area contributed by atoms with Crippen LogP contribution in [-0.2, 0) is 0 Å². The van der Waals surface area contributed by atoms with Crippen LogP contribution in [0.4, 0.5) is 5.69 Å². The molecule has 0 aromatic carbocycles. The Kier molecular flexibility index (Phi) is 2.71. The Balaban J connectivity index is 2.89. The Hall–Kier alpha value is -2.22. The maximum absolute atomic E-state index is 10.2. The summed E-state index contributed by atoms with van der Waals surface area (Å²) in [7, 11) is 0. The van der Waals surface area contributed by atoms with Crippen LogP contribution in [0, 0.1) is 21.4 Å². The predicted molar refractivity (Wildman–Crippen MR) is 45.5 cm³/mol. The molecule has 5 heteroatoms. The summed E-state index contributed by atoms with van der Waals surface area (Å²) in [5.74, 6) is 0. The maximum Gasteiger partial charge on any atom is 0.287 e. The Morgan fingerprint density at radius 1 is 1.62 bits per heavy atom. The molecule has 13 heavy (non-hydrogen) atoms. The van der Waals surface area contributed by atoms with Crippen LogP contribution in [0.3, 0.4) is 0 Å². The SMILES string of the molecule is N#C/C=C/c1ccc([N+](=O)[O-])cn1. The first-order chi connectivity index (χ1) is 6.24. The minimum absolute atomic E-state index is 0.0610. The molecular weight excluding hydrogens is 170 g/mol. The summed E-state index contributed by atoms with van der Waals surface area (Å²) in [6.45, 7) is 0. The van der Waals surface area contributed by atoms with Crippen LogP contribution in [0.25, 0.3) is 6.08 Å². The molecule has 1 aromatic rings. The number of nitro groups is 1. The van der Waals surface area contributed by atoms with Gasteiger partial charge < -0.3 is 0 Å². The molecule has 0 saturated carbocycles. The molecule has 0 bridgehead atoms. The zero-order valence-corrected chi connectivity index (χ0v) is 6.54. The van der Waals surface area contributed by atoms with Crippen molar-refractivity contribution < 1.29 is 4.92 Å². The average molecular weight is 175 g/mol. The molecular formula is C8H5N3O2. The van der Waals surface area contributed by atoms with Gasteiger partial charge in [-0.3, -0.25) is 10.1 Å². The lowest BCUT2D eigenvalue weighted by Gasteiger charge is -1.90. The molecule has 1 rings (SSSR count). The average Bonchev–Trinajstić information content (AvgIpc) is 2.15. The van der Waals surface area contributed by atoms with Gasteiger partial charge in [-0.1, -0.05) is 0 Å². The Morgan fingerprint density at radius 3 is 2.85 bits per heavy atom. The lowest BCUT2D eigenvalue weighted by molar-refractivity contribution is -0.385. The van der Waals surface area contributed by atoms with E-state index in [9.17, 15) is 10.1 Å². The van der Waals surface area contributed by atoms with Crippen molar-refractivity contribution in [2.75, 3.05) is 0 Å². The van der Waals surface area contributed by atoms with E-state index in [1.807, 2.05) is 0 Å². The van der Waals surface area contributed by atoms with Gasteiger partial charge in [-0.15, -0.1) is 0 Å². The van der Waals surface area contributed by atoms with Crippen molar-refractivity contribution in [3.8, 4) is 6.07 Å². The third kappa shape index (κ3) is 2.38. The van der Waals surface area contributed by atoms with Crippen molar-refractivity contribution in [3.05, 3.63) is 40.2 Å². The highest BCUT2D eigenvalue weighted by Crippen LogP contribution is 2.09. The number of pyridine rings is 1. The number of rotatable bonds is 2. The van der Waals surface area contributed by atoms with Crippen molar-refractivity contribution in [2.24, 2.45) is 0 Å². The van der Waals surface area contributed by atoms with Gasteiger partial charge in [-0.25, -0.2) is 4.98 Å². The molecule has 0 aliphatic heterocycles. The fourth-order valence-corrected chi connectivity index (χ4v) is 0.727. The Morgan fingerprint density at radius 2 is 2.38 bits per heavy atom. The van der Waals surface area contributed by atoms with Crippen molar-refractivity contribution >= 4 is 11.8 Å². The molecule has 1 heterocycles. The van der Waals surface area contributed by atoms with E-state index in [1.165, 1.54) is 24.3 Å². The highest BCUT2D eigenvalue weighted by Gasteiger charge is 2.02. The van der Waals surface area contributed by atoms with Crippen molar-refractivity contribution in [2.45, 2.75) is 0 Å². The predicted octanol–water partition coefficient (Wildman–Crippen LogP) is 1.53. The molecule has 0 amide bonds. The minimum atomic E-state index is -0.523. The number of aromatic nitrogens is 1. The third-order valence-electron chi connectivity index (χ3n) is 1.31. The van der Waals surface area contributed by atoms with Crippen LogP contribution < -0.4 is 0 Å². The number of hydrogen-bond donors (Lipinski definition) is 0. The fraction of sp³-hybridized carbons (Fsp3) is 0. The molecule has 0 N–H and O–H groups in total. The summed E-state index contributed by atoms with van der Waals surface area (Å²) in [5, 5.41) is 18.4. The molecule has 0 radical (unpaired) electrons. The smallest absolute Gasteiger partial charge is 0.258 e. The molecule has 0 aliphatic carbocycles. The monoisotopic (exact) mass is 175 g/mol. The van der Waals surface area contributed by atoms with Crippen LogP contribution in [-0.4, -0.2) is 9.91 Å². The van der Waals surface area contributed by atoms with E-state index >= 15 is 0 Å². The molecule has 0 spiro atoms. The fourth-order valence-electron chi connectivity index (χ4n) is 0.727. The van der Waals surface area contributed by atoms with Gasteiger partial charge in [0, 0.05) is 12.1 Å². The van der Waals surface area contributed by atoms with Gasteiger partial charge in [-0.05, 0) is 12.1 Å². The summed E-state index contributed by atoms with van der Waals surface area (Å²) in [6.07, 6.45) is 3.88. The minimum Gasteiger partial charge on any atom is -0.258 e. The Bertz CT molecular complexity index is 375. The van der Waals surface area contributed by atoms with Gasteiger partial charge in [0.2, 0.25) is 0 Å². The lowest BCUT2D eigenvalue weighted by atomic mass is 10.3. The van der Waals surface area contributed by atoms with Crippen LogP contribution in [0.5, 0.6) is 0 Å². The van der Waals surface area contributed by atoms with Crippen LogP contribution in [0.2, 0.25) is 0 Å². The van der Waals surface area contributed by atoms with Gasteiger partial charge in [-0.2, -0.15) is 5.26 Å². The second kappa shape index (κ2) is 3.97. The van der Waals surface area contributed by atoms with Gasteiger partial charge in [0.15, 0.2) is 0 Å². The first-order valence-corrected chi connectivity index (χ1v) is 3.40. The first kappa shape index (κ1) is 8.87. The molecule has 0 unspecified atom stereocenters. The van der Waals surface area contributed by atoms with Gasteiger partial charge in [0.05, 0.1) is 16.7 Å². The van der Waals surface area contributed by atoms with E-state index in [0.29, 0.717) is 5.69 Å². The summed E-state index contributed by atoms with van der Waals surface area (Å²) >= 11 is 0. The lowest BCUT2D eigenvalue weighted by Crippen LogP contribution is -1.89. The van der Waals surface area contributed by atoms with Gasteiger partial charge >= 0.3 is 0 Å². The van der Waals surface area contributed by atoms with Crippen molar-refractivity contribution in [1.29, 1.82) is 5.26 Å². The second-order valence-electron chi connectivity index (χ2n) is 2.16. The number of nitrogens with zero attached hydrogens (tertiary/aromatic N) is 3. The van der Waals surface area contributed by atoms with E-state index < -0.39 is 4.92 Å². The van der Waals surface area contributed by atoms with Crippen LogP contribution in [0.15, 0.2) is 24.4 Å². The highest BCUT2D eigenvalue weighted by atomic mass is 16.6. The highest BCUT2D eigenvalue weighted by molar-refractivity contribution is 5.48. The van der Waals surface area contributed by atoms with Gasteiger partial charge in [0.1, 0.15) is 6.20 Å². The molecule has 1 aromatic heterocycles. The summed E-state index contributed by atoms with van der Waals surface area (Å²) < 4.78 is 0. The molecule has 0 atom stereocenters. The summed E-state index contributed by atoms with van der Waals surface area (Å²) in [4.78, 5) is 13.5. The summed E-state index contributed by atoms with van der Waals surface area (Å²) in [5.41, 5.74) is 0.459. The van der Waals surface area contributed by atoms with E-state index in [0.717, 1.165) is 6.20 Å². The standard InChI is InChI=1S/C8H5N3O2/c9-5-1-2-7-3-4-8(6-10-7)11(12)13/h1-4,6H/b2-1+. The molecule has 0 fully saturated rings. The van der Waals surface area contributed by atoms with E-state index in [4.69, 9.17) is 5.26 Å². The van der Waals surface area contributed by atoms with Crippen molar-refractivity contribution in [3.63, 3.8) is 0 Å². The van der Waals surface area contributed by atoms with Crippen LogP contribution >= 0.6 is 0 Å². The normalized spacial score (nSPS) is 9.77. The maximum atomic E-state index is 10.2.